The Bertz CT molecular complexity index is 805. The molecule has 0 aliphatic rings. The molecule has 4 nitrogen and oxygen atoms in total. The van der Waals surface area contributed by atoms with Crippen LogP contribution in [0, 0.1) is 5.92 Å². The van der Waals surface area contributed by atoms with Gasteiger partial charge in [0.25, 0.3) is 0 Å². The summed E-state index contributed by atoms with van der Waals surface area (Å²) in [5, 5.41) is 0. The summed E-state index contributed by atoms with van der Waals surface area (Å²) in [6, 6.07) is 17.8. The minimum atomic E-state index is -0.680. The van der Waals surface area contributed by atoms with Gasteiger partial charge in [-0.2, -0.15) is 0 Å². The van der Waals surface area contributed by atoms with Crippen LogP contribution in [0.4, 0.5) is 0 Å². The van der Waals surface area contributed by atoms with Crippen molar-refractivity contribution in [2.75, 3.05) is 0 Å². The molecule has 0 saturated heterocycles. The summed E-state index contributed by atoms with van der Waals surface area (Å²) in [6.07, 6.45) is 14.7. The van der Waals surface area contributed by atoms with Crippen molar-refractivity contribution in [3.63, 3.8) is 0 Å². The van der Waals surface area contributed by atoms with Crippen LogP contribution >= 0.6 is 0 Å². The van der Waals surface area contributed by atoms with Gasteiger partial charge >= 0.3 is 11.9 Å². The number of carbonyl (C=O) groups excluding carboxylic acids is 2. The summed E-state index contributed by atoms with van der Waals surface area (Å²) >= 11 is 0. The van der Waals surface area contributed by atoms with Crippen molar-refractivity contribution in [3.8, 4) is 11.5 Å². The Morgan fingerprint density at radius 3 is 1.85 bits per heavy atom. The van der Waals surface area contributed by atoms with Gasteiger partial charge in [0.2, 0.25) is 0 Å². The molecular formula is C28H36HgO4. The first-order valence-corrected chi connectivity index (χ1v) is 11.9. The van der Waals surface area contributed by atoms with Gasteiger partial charge in [0.1, 0.15) is 11.5 Å². The van der Waals surface area contributed by atoms with Crippen LogP contribution in [0.3, 0.4) is 0 Å². The number of allylic oxidation sites excluding steroid dienone is 1. The van der Waals surface area contributed by atoms with Crippen LogP contribution in [0.1, 0.15) is 71.1 Å². The molecule has 5 heteroatoms. The van der Waals surface area contributed by atoms with Gasteiger partial charge in [-0.05, 0) is 37.1 Å². The van der Waals surface area contributed by atoms with Crippen molar-refractivity contribution in [2.24, 2.45) is 5.92 Å². The van der Waals surface area contributed by atoms with Gasteiger partial charge in [0.15, 0.2) is 0 Å². The number of benzene rings is 2. The van der Waals surface area contributed by atoms with Crippen LogP contribution < -0.4 is 9.47 Å². The molecule has 0 aliphatic heterocycles. The molecule has 2 rings (SSSR count). The predicted molar refractivity (Wildman–Crippen MR) is 129 cm³/mol. The van der Waals surface area contributed by atoms with Crippen LogP contribution in [-0.2, 0) is 37.3 Å². The van der Waals surface area contributed by atoms with E-state index in [-0.39, 0.29) is 34.1 Å². The van der Waals surface area contributed by atoms with E-state index in [2.05, 4.69) is 6.92 Å². The number of hydrogen-bond donors (Lipinski definition) is 0. The van der Waals surface area contributed by atoms with Crippen LogP contribution in [0.25, 0.3) is 0 Å². The first-order valence-electron chi connectivity index (χ1n) is 11.9. The van der Waals surface area contributed by atoms with Gasteiger partial charge in [0.05, 0.1) is 12.3 Å². The molecule has 174 valence electrons. The summed E-state index contributed by atoms with van der Waals surface area (Å²) < 4.78 is 10.8. The third kappa shape index (κ3) is 13.4. The Labute approximate surface area is 219 Å². The van der Waals surface area contributed by atoms with Crippen molar-refractivity contribution >= 4 is 11.9 Å². The van der Waals surface area contributed by atoms with Gasteiger partial charge in [-0.3, -0.25) is 9.59 Å². The van der Waals surface area contributed by atoms with Crippen molar-refractivity contribution in [3.05, 3.63) is 72.8 Å². The molecule has 2 aromatic carbocycles. The Morgan fingerprint density at radius 2 is 1.27 bits per heavy atom. The third-order valence-corrected chi connectivity index (χ3v) is 5.22. The Kier molecular flexibility index (Phi) is 16.3. The van der Waals surface area contributed by atoms with E-state index in [0.717, 1.165) is 12.8 Å². The summed E-state index contributed by atoms with van der Waals surface area (Å²) in [7, 11) is 0. The molecule has 0 bridgehead atoms. The zero-order valence-electron chi connectivity index (χ0n) is 19.9. The molecule has 0 aliphatic carbocycles. The van der Waals surface area contributed by atoms with Crippen LogP contribution in [0.15, 0.2) is 72.8 Å². The average Bonchev–Trinajstić information content (AvgIpc) is 2.80. The van der Waals surface area contributed by atoms with Gasteiger partial charge in [-0.15, -0.1) is 0 Å². The van der Waals surface area contributed by atoms with E-state index in [9.17, 15) is 9.59 Å². The molecule has 0 fully saturated rings. The fraction of sp³-hybridized carbons (Fsp3) is 0.429. The average molecular weight is 637 g/mol. The first-order chi connectivity index (χ1) is 15.7. The molecule has 33 heavy (non-hydrogen) atoms. The fourth-order valence-corrected chi connectivity index (χ4v) is 3.41. The van der Waals surface area contributed by atoms with E-state index in [0.29, 0.717) is 11.5 Å². The van der Waals surface area contributed by atoms with Gasteiger partial charge in [-0.1, -0.05) is 100 Å². The smallest absolute Gasteiger partial charge is 0.318 e. The number of esters is 2. The molecule has 0 aromatic heterocycles. The van der Waals surface area contributed by atoms with E-state index >= 15 is 0 Å². The number of unbranched alkanes of at least 4 members (excludes halogenated alkanes) is 8. The van der Waals surface area contributed by atoms with E-state index in [1.54, 1.807) is 54.6 Å². The standard InChI is InChI=1S/C28H36O4.Hg/c1-2-3-4-5-6-7-8-9-10-13-18-24(28(30)32-26-21-16-12-17-22-26)23-27(29)31-25-19-14-11-15-20-25;/h11-22,24H,2-10,23H2,1H3;. The quantitative estimate of drug-likeness (QED) is 0.0678. The molecule has 1 unspecified atom stereocenters. The zero-order chi connectivity index (χ0) is 22.9. The molecule has 0 radical (unpaired) electrons. The molecule has 0 spiro atoms. The number of ether oxygens (including phenoxy) is 2. The third-order valence-electron chi connectivity index (χ3n) is 5.22. The molecule has 0 saturated carbocycles. The maximum Gasteiger partial charge on any atom is 0.318 e. The van der Waals surface area contributed by atoms with Crippen LogP contribution in [-0.4, -0.2) is 11.9 Å². The van der Waals surface area contributed by atoms with E-state index in [1.165, 1.54) is 44.9 Å². The summed E-state index contributed by atoms with van der Waals surface area (Å²) in [6.45, 7) is 2.23. The summed E-state index contributed by atoms with van der Waals surface area (Å²) in [5.41, 5.74) is 0. The van der Waals surface area contributed by atoms with E-state index < -0.39 is 17.9 Å². The second-order valence-electron chi connectivity index (χ2n) is 8.02. The fourth-order valence-electron chi connectivity index (χ4n) is 3.41. The number of rotatable bonds is 15. The minimum absolute atomic E-state index is 0. The topological polar surface area (TPSA) is 52.6 Å². The predicted octanol–water partition coefficient (Wildman–Crippen LogP) is 7.29. The summed E-state index contributed by atoms with van der Waals surface area (Å²) in [4.78, 5) is 25.1. The first kappa shape index (κ1) is 29.1. The molecular weight excluding hydrogens is 601 g/mol. The van der Waals surface area contributed by atoms with Crippen molar-refractivity contribution in [1.82, 2.24) is 0 Å². The SMILES string of the molecule is CCCCCCCCCCC=CC(CC(=O)Oc1ccccc1)C(=O)Oc1ccccc1.[Hg]. The molecule has 0 heterocycles. The molecule has 2 aromatic rings. The zero-order valence-corrected chi connectivity index (χ0v) is 25.4. The maximum atomic E-state index is 12.7. The maximum absolute atomic E-state index is 12.7. The second kappa shape index (κ2) is 18.5. The van der Waals surface area contributed by atoms with Crippen molar-refractivity contribution in [2.45, 2.75) is 71.1 Å². The monoisotopic (exact) mass is 638 g/mol. The number of para-hydroxylation sites is 2. The van der Waals surface area contributed by atoms with E-state index in [1.807, 2.05) is 18.2 Å². The van der Waals surface area contributed by atoms with Gasteiger partial charge in [0, 0.05) is 27.7 Å². The summed E-state index contributed by atoms with van der Waals surface area (Å²) in [5.74, 6) is -0.650. The Balaban J connectivity index is 0.00000544. The largest absolute Gasteiger partial charge is 0.427 e. The molecule has 0 amide bonds. The number of carbonyl (C=O) groups is 2. The van der Waals surface area contributed by atoms with Crippen LogP contribution in [0.5, 0.6) is 11.5 Å². The molecule has 0 N–H and O–H groups in total. The minimum Gasteiger partial charge on any atom is -0.427 e. The van der Waals surface area contributed by atoms with Crippen molar-refractivity contribution in [1.29, 1.82) is 0 Å². The molecule has 1 atom stereocenters. The Hall–Kier alpha value is -1.94. The Morgan fingerprint density at radius 1 is 0.758 bits per heavy atom. The normalized spacial score (nSPS) is 11.5. The van der Waals surface area contributed by atoms with Gasteiger partial charge in [-0.25, -0.2) is 0 Å². The van der Waals surface area contributed by atoms with Crippen molar-refractivity contribution < 1.29 is 46.7 Å². The number of hydrogen-bond acceptors (Lipinski definition) is 4. The van der Waals surface area contributed by atoms with Gasteiger partial charge < -0.3 is 9.47 Å². The second-order valence-corrected chi connectivity index (χ2v) is 8.02. The van der Waals surface area contributed by atoms with E-state index in [4.69, 9.17) is 9.47 Å². The van der Waals surface area contributed by atoms with Crippen LogP contribution in [0.2, 0.25) is 0 Å².